The molecule has 0 aromatic carbocycles. The van der Waals surface area contributed by atoms with Gasteiger partial charge in [0.25, 0.3) is 10.1 Å². The molecule has 0 unspecified atom stereocenters. The van der Waals surface area contributed by atoms with Crippen LogP contribution >= 0.6 is 0 Å². The molecule has 0 aliphatic rings. The van der Waals surface area contributed by atoms with E-state index in [1.807, 2.05) is 0 Å². The Hall–Kier alpha value is -0.940. The first-order chi connectivity index (χ1) is 12.3. The Morgan fingerprint density at radius 1 is 0.964 bits per heavy atom. The summed E-state index contributed by atoms with van der Waals surface area (Å²) in [5.74, 6) is -2.85. The maximum absolute atomic E-state index is 12.5. The van der Waals surface area contributed by atoms with Gasteiger partial charge in [-0.25, -0.2) is 9.59 Å². The molecule has 0 rings (SSSR count). The van der Waals surface area contributed by atoms with Crippen LogP contribution in [-0.4, -0.2) is 94.2 Å². The maximum atomic E-state index is 12.5. The molecule has 9 nitrogen and oxygen atoms in total. The molecule has 0 aromatic rings. The second-order valence-electron chi connectivity index (χ2n) is 6.12. The summed E-state index contributed by atoms with van der Waals surface area (Å²) < 4.78 is 45.2. The molecule has 0 aliphatic carbocycles. The third kappa shape index (κ3) is 11.2. The van der Waals surface area contributed by atoms with Gasteiger partial charge in [0.15, 0.2) is 0 Å². The Labute approximate surface area is 195 Å². The van der Waals surface area contributed by atoms with E-state index >= 15 is 0 Å². The molecule has 11 heteroatoms. The topological polar surface area (TPSA) is 133 Å². The van der Waals surface area contributed by atoms with Crippen molar-refractivity contribution in [3.63, 3.8) is 0 Å². The van der Waals surface area contributed by atoms with Crippen molar-refractivity contribution in [1.29, 1.82) is 0 Å². The molecule has 0 fully saturated rings. The van der Waals surface area contributed by atoms with Gasteiger partial charge in [0.05, 0.1) is 12.4 Å². The molecule has 0 spiro atoms. The summed E-state index contributed by atoms with van der Waals surface area (Å²) >= 11 is 0. The zero-order valence-electron chi connectivity index (χ0n) is 15.8. The van der Waals surface area contributed by atoms with Crippen LogP contribution in [0.25, 0.3) is 0 Å². The molecule has 0 radical (unpaired) electrons. The Bertz CT molecular complexity index is 667. The van der Waals surface area contributed by atoms with Gasteiger partial charge >= 0.3 is 55.6 Å². The number of hydrogen-bond acceptors (Lipinski definition) is 8. The quantitative estimate of drug-likeness (QED) is 0.113. The van der Waals surface area contributed by atoms with E-state index in [2.05, 4.69) is 13.2 Å². The van der Waals surface area contributed by atoms with E-state index < -0.39 is 52.4 Å². The molecule has 0 saturated carbocycles. The number of esters is 3. The van der Waals surface area contributed by atoms with E-state index in [-0.39, 0.29) is 68.3 Å². The van der Waals surface area contributed by atoms with Crippen LogP contribution in [0.4, 0.5) is 0 Å². The van der Waals surface area contributed by atoms with Crippen molar-refractivity contribution >= 4 is 65.8 Å². The van der Waals surface area contributed by atoms with Crippen LogP contribution in [0.1, 0.15) is 33.6 Å². The average molecular weight is 449 g/mol. The summed E-state index contributed by atoms with van der Waals surface area (Å²) in [6, 6.07) is 0. The van der Waals surface area contributed by atoms with E-state index in [9.17, 15) is 22.8 Å². The van der Waals surface area contributed by atoms with Crippen LogP contribution in [0.3, 0.4) is 0 Å². The summed E-state index contributed by atoms with van der Waals surface area (Å²) in [5.41, 5.74) is -1.23. The number of rotatable bonds is 12. The number of ether oxygens (including phenoxy) is 3. The van der Waals surface area contributed by atoms with Crippen LogP contribution in [0.5, 0.6) is 0 Å². The summed E-state index contributed by atoms with van der Waals surface area (Å²) in [6.45, 7) is 10.2. The van der Waals surface area contributed by atoms with E-state index in [0.717, 1.165) is 0 Å². The van der Waals surface area contributed by atoms with Gasteiger partial charge in [-0.1, -0.05) is 20.1 Å². The third-order valence-electron chi connectivity index (χ3n) is 3.55. The zero-order valence-corrected chi connectivity index (χ0v) is 16.6. The van der Waals surface area contributed by atoms with Crippen LogP contribution in [0, 0.1) is 5.41 Å². The average Bonchev–Trinajstić information content (AvgIpc) is 2.57. The van der Waals surface area contributed by atoms with Gasteiger partial charge in [0.1, 0.15) is 18.6 Å². The normalized spacial score (nSPS) is 11.0. The minimum absolute atomic E-state index is 0. The number of carbonyl (C=O) groups is 3. The summed E-state index contributed by atoms with van der Waals surface area (Å²) in [5, 5.41) is 0. The minimum atomic E-state index is -4.17. The van der Waals surface area contributed by atoms with Crippen molar-refractivity contribution in [3.8, 4) is 0 Å². The first-order valence-corrected chi connectivity index (χ1v) is 9.73. The van der Waals surface area contributed by atoms with Crippen molar-refractivity contribution in [1.82, 2.24) is 0 Å². The van der Waals surface area contributed by atoms with Crippen LogP contribution in [-0.2, 0) is 38.7 Å². The fourth-order valence-electron chi connectivity index (χ4n) is 1.72. The first kappa shape index (κ1) is 29.3. The Morgan fingerprint density at radius 2 is 1.39 bits per heavy atom. The fourth-order valence-corrected chi connectivity index (χ4v) is 2.20. The van der Waals surface area contributed by atoms with E-state index in [1.165, 1.54) is 13.8 Å². The SMILES string of the molecule is C=C(C)C(=O)OCC(CC)(COC(=O)C(=C)C)C(=O)OCCCS(=O)(=O)O.[CaH2]. The standard InChI is InChI=1S/C17H26O9S.Ca.2H/c1-6-17(10-25-14(18)12(2)3,11-26-15(19)13(4)5)16(20)24-8-7-9-27(21,22)23;;;/h2,4,6-11H2,1,3,5H3,(H,21,22,23);;;. The molecular formula is C17H28CaO9S. The molecule has 28 heavy (non-hydrogen) atoms. The Kier molecular flexibility index (Phi) is 13.9. The van der Waals surface area contributed by atoms with Gasteiger partial charge in [-0.2, -0.15) is 8.42 Å². The van der Waals surface area contributed by atoms with Crippen LogP contribution in [0.2, 0.25) is 0 Å². The van der Waals surface area contributed by atoms with Crippen molar-refractivity contribution in [2.24, 2.45) is 5.41 Å². The zero-order chi connectivity index (χ0) is 21.3. The summed E-state index contributed by atoms with van der Waals surface area (Å²) in [6.07, 6.45) is -0.0153. The predicted molar refractivity (Wildman–Crippen MR) is 105 cm³/mol. The molecule has 0 aliphatic heterocycles. The second kappa shape index (κ2) is 13.3. The molecule has 0 atom stereocenters. The van der Waals surface area contributed by atoms with Crippen molar-refractivity contribution in [2.75, 3.05) is 25.6 Å². The van der Waals surface area contributed by atoms with Crippen molar-refractivity contribution in [3.05, 3.63) is 24.3 Å². The molecule has 0 bridgehead atoms. The van der Waals surface area contributed by atoms with E-state index in [0.29, 0.717) is 0 Å². The second-order valence-corrected chi connectivity index (χ2v) is 7.69. The molecule has 0 amide bonds. The fraction of sp³-hybridized carbons (Fsp3) is 0.588. The summed E-state index contributed by atoms with van der Waals surface area (Å²) in [7, 11) is -4.17. The molecule has 158 valence electrons. The Morgan fingerprint density at radius 3 is 1.71 bits per heavy atom. The van der Waals surface area contributed by atoms with Crippen molar-refractivity contribution < 1.29 is 41.6 Å². The van der Waals surface area contributed by atoms with Gasteiger partial charge in [0.2, 0.25) is 0 Å². The molecule has 0 saturated heterocycles. The Balaban J connectivity index is 0. The monoisotopic (exact) mass is 448 g/mol. The summed E-state index contributed by atoms with van der Waals surface area (Å²) in [4.78, 5) is 35.8. The van der Waals surface area contributed by atoms with Crippen LogP contribution < -0.4 is 0 Å². The van der Waals surface area contributed by atoms with E-state index in [1.54, 1.807) is 6.92 Å². The molecule has 0 heterocycles. The number of carbonyl (C=O) groups excluding carboxylic acids is 3. The molecule has 1 N–H and O–H groups in total. The number of hydrogen-bond donors (Lipinski definition) is 1. The first-order valence-electron chi connectivity index (χ1n) is 8.12. The van der Waals surface area contributed by atoms with Gasteiger partial charge in [-0.05, 0) is 26.7 Å². The van der Waals surface area contributed by atoms with E-state index in [4.69, 9.17) is 18.8 Å². The third-order valence-corrected chi connectivity index (χ3v) is 4.35. The van der Waals surface area contributed by atoms with Gasteiger partial charge in [-0.3, -0.25) is 9.35 Å². The molecule has 0 aromatic heterocycles. The predicted octanol–water partition coefficient (Wildman–Crippen LogP) is 0.526. The van der Waals surface area contributed by atoms with Crippen LogP contribution in [0.15, 0.2) is 24.3 Å². The van der Waals surface area contributed by atoms with Crippen molar-refractivity contribution in [2.45, 2.75) is 33.6 Å². The van der Waals surface area contributed by atoms with Gasteiger partial charge < -0.3 is 14.2 Å². The molecular weight excluding hydrogens is 420 g/mol. The van der Waals surface area contributed by atoms with Gasteiger partial charge in [-0.15, -0.1) is 0 Å². The van der Waals surface area contributed by atoms with Gasteiger partial charge in [0, 0.05) is 11.1 Å².